The van der Waals surface area contributed by atoms with Crippen molar-refractivity contribution < 1.29 is 27.9 Å². The molecule has 2 atom stereocenters. The van der Waals surface area contributed by atoms with Gasteiger partial charge in [0.25, 0.3) is 5.91 Å². The van der Waals surface area contributed by atoms with Gasteiger partial charge < -0.3 is 10.8 Å². The van der Waals surface area contributed by atoms with Crippen molar-refractivity contribution in [1.29, 1.82) is 0 Å². The Morgan fingerprint density at radius 2 is 1.56 bits per heavy atom. The molecule has 0 saturated carbocycles. The van der Waals surface area contributed by atoms with Crippen molar-refractivity contribution in [3.63, 3.8) is 0 Å². The SMILES string of the molecule is Cc1ccc(S(=O)(=O)N(CCC(C)C)C[C@@H](O)C(Cc2ccccc2)N(NC(=O)c2ccc3ccccc3n2)C(=O)CCC(N)=O)cc1. The van der Waals surface area contributed by atoms with E-state index in [0.717, 1.165) is 21.5 Å². The molecule has 3 amide bonds. The largest absolute Gasteiger partial charge is 0.390 e. The second-order valence-corrected chi connectivity index (χ2v) is 14.2. The summed E-state index contributed by atoms with van der Waals surface area (Å²) in [6, 6.07) is 24.8. The van der Waals surface area contributed by atoms with Gasteiger partial charge in [0.2, 0.25) is 21.8 Å². The van der Waals surface area contributed by atoms with Crippen molar-refractivity contribution >= 4 is 38.6 Å². The number of amides is 3. The van der Waals surface area contributed by atoms with Crippen LogP contribution in [0.1, 0.15) is 54.7 Å². The number of aryl methyl sites for hydroxylation is 1. The summed E-state index contributed by atoms with van der Waals surface area (Å²) in [4.78, 5) is 43.6. The molecule has 0 fully saturated rings. The number of fused-ring (bicyclic) bond motifs is 1. The van der Waals surface area contributed by atoms with Crippen molar-refractivity contribution in [2.45, 2.75) is 63.5 Å². The van der Waals surface area contributed by atoms with Crippen molar-refractivity contribution in [3.8, 4) is 0 Å². The first kappa shape index (κ1) is 36.2. The number of rotatable bonds is 15. The molecule has 254 valence electrons. The molecule has 0 aliphatic carbocycles. The van der Waals surface area contributed by atoms with E-state index in [1.54, 1.807) is 54.6 Å². The Morgan fingerprint density at radius 3 is 2.23 bits per heavy atom. The van der Waals surface area contributed by atoms with E-state index >= 15 is 0 Å². The van der Waals surface area contributed by atoms with Crippen LogP contribution in [0.2, 0.25) is 0 Å². The average Bonchev–Trinajstić information content (AvgIpc) is 3.07. The monoisotopic (exact) mass is 673 g/mol. The Kier molecular flexibility index (Phi) is 12.4. The lowest BCUT2D eigenvalue weighted by Gasteiger charge is -2.37. The molecule has 4 aromatic rings. The third-order valence-corrected chi connectivity index (χ3v) is 9.86. The molecule has 0 aliphatic rings. The first-order valence-corrected chi connectivity index (χ1v) is 17.3. The van der Waals surface area contributed by atoms with Crippen LogP contribution in [0, 0.1) is 12.8 Å². The van der Waals surface area contributed by atoms with Gasteiger partial charge in [0.1, 0.15) is 5.69 Å². The average molecular weight is 674 g/mol. The summed E-state index contributed by atoms with van der Waals surface area (Å²) in [7, 11) is -4.06. The Hall–Kier alpha value is -4.65. The second kappa shape index (κ2) is 16.4. The molecule has 1 heterocycles. The fraction of sp³-hybridized carbons (Fsp3) is 0.333. The molecule has 12 heteroatoms. The normalized spacial score (nSPS) is 13.0. The Balaban J connectivity index is 1.73. The molecule has 11 nitrogen and oxygen atoms in total. The quantitative estimate of drug-likeness (QED) is 0.161. The fourth-order valence-corrected chi connectivity index (χ4v) is 6.67. The van der Waals surface area contributed by atoms with Crippen LogP contribution in [0.3, 0.4) is 0 Å². The highest BCUT2D eigenvalue weighted by molar-refractivity contribution is 7.89. The minimum absolute atomic E-state index is 0.0230. The third-order valence-electron chi connectivity index (χ3n) is 7.98. The summed E-state index contributed by atoms with van der Waals surface area (Å²) < 4.78 is 29.1. The van der Waals surface area contributed by atoms with Crippen molar-refractivity contribution in [2.75, 3.05) is 13.1 Å². The zero-order valence-electron chi connectivity index (χ0n) is 27.5. The number of nitrogens with zero attached hydrogens (tertiary/aromatic N) is 3. The number of aliphatic hydroxyl groups excluding tert-OH is 1. The molecular weight excluding hydrogens is 630 g/mol. The number of hydrogen-bond donors (Lipinski definition) is 3. The molecule has 0 aliphatic heterocycles. The van der Waals surface area contributed by atoms with Crippen molar-refractivity contribution in [3.05, 3.63) is 108 Å². The van der Waals surface area contributed by atoms with E-state index in [2.05, 4.69) is 10.4 Å². The second-order valence-electron chi connectivity index (χ2n) is 12.2. The number of carbonyl (C=O) groups excluding carboxylic acids is 3. The third kappa shape index (κ3) is 9.69. The summed E-state index contributed by atoms with van der Waals surface area (Å²) in [6.07, 6.45) is -1.54. The smallest absolute Gasteiger partial charge is 0.288 e. The molecule has 4 rings (SSSR count). The first-order valence-electron chi connectivity index (χ1n) is 15.9. The summed E-state index contributed by atoms with van der Waals surface area (Å²) in [6.45, 7) is 5.55. The van der Waals surface area contributed by atoms with Crippen LogP contribution in [-0.4, -0.2) is 70.8 Å². The van der Waals surface area contributed by atoms with Gasteiger partial charge in [0.15, 0.2) is 0 Å². The van der Waals surface area contributed by atoms with E-state index in [-0.39, 0.29) is 48.9 Å². The molecule has 0 bridgehead atoms. The van der Waals surface area contributed by atoms with Crippen LogP contribution in [0.4, 0.5) is 0 Å². The van der Waals surface area contributed by atoms with E-state index in [0.29, 0.717) is 11.9 Å². The number of aliphatic hydroxyl groups is 1. The van der Waals surface area contributed by atoms with Gasteiger partial charge in [-0.25, -0.2) is 18.4 Å². The maximum Gasteiger partial charge on any atom is 0.288 e. The number of para-hydroxylation sites is 1. The van der Waals surface area contributed by atoms with Gasteiger partial charge >= 0.3 is 0 Å². The number of nitrogens with one attached hydrogen (secondary N) is 1. The number of pyridine rings is 1. The maximum absolute atomic E-state index is 13.9. The molecule has 4 N–H and O–H groups in total. The van der Waals surface area contributed by atoms with E-state index in [4.69, 9.17) is 5.73 Å². The van der Waals surface area contributed by atoms with Gasteiger partial charge in [-0.2, -0.15) is 4.31 Å². The topological polar surface area (TPSA) is 163 Å². The number of primary amides is 1. The van der Waals surface area contributed by atoms with Crippen LogP contribution >= 0.6 is 0 Å². The lowest BCUT2D eigenvalue weighted by Crippen LogP contribution is -2.59. The number of carbonyl (C=O) groups is 3. The van der Waals surface area contributed by atoms with E-state index in [1.807, 2.05) is 39.0 Å². The van der Waals surface area contributed by atoms with Gasteiger partial charge in [0.05, 0.1) is 22.6 Å². The summed E-state index contributed by atoms with van der Waals surface area (Å²) in [5.41, 5.74) is 10.2. The minimum Gasteiger partial charge on any atom is -0.390 e. The Labute approximate surface area is 281 Å². The van der Waals surface area contributed by atoms with Crippen LogP contribution in [0.25, 0.3) is 10.9 Å². The highest BCUT2D eigenvalue weighted by Crippen LogP contribution is 2.22. The van der Waals surface area contributed by atoms with E-state index in [9.17, 15) is 27.9 Å². The molecule has 48 heavy (non-hydrogen) atoms. The minimum atomic E-state index is -4.06. The molecule has 1 unspecified atom stereocenters. The summed E-state index contributed by atoms with van der Waals surface area (Å²) >= 11 is 0. The zero-order valence-corrected chi connectivity index (χ0v) is 28.3. The Bertz CT molecular complexity index is 1820. The van der Waals surface area contributed by atoms with Gasteiger partial charge in [-0.1, -0.05) is 86.1 Å². The fourth-order valence-electron chi connectivity index (χ4n) is 5.20. The van der Waals surface area contributed by atoms with Crippen LogP contribution < -0.4 is 11.2 Å². The lowest BCUT2D eigenvalue weighted by molar-refractivity contribution is -0.141. The maximum atomic E-state index is 13.9. The van der Waals surface area contributed by atoms with E-state index in [1.165, 1.54) is 22.5 Å². The lowest BCUT2D eigenvalue weighted by atomic mass is 9.99. The zero-order chi connectivity index (χ0) is 34.8. The van der Waals surface area contributed by atoms with Crippen molar-refractivity contribution in [2.24, 2.45) is 11.7 Å². The standard InChI is InChI=1S/C36H43N5O6S/c1-25(2)21-22-40(48(46,47)29-16-13-26(3)14-17-29)24-33(42)32(23-27-9-5-4-6-10-27)41(35(44)20-19-34(37)43)39-36(45)31-18-15-28-11-7-8-12-30(28)38-31/h4-18,25,32-33,42H,19-24H2,1-3H3,(H2,37,43)(H,39,45)/t32?,33-/m1/s1. The van der Waals surface area contributed by atoms with E-state index < -0.39 is 39.9 Å². The van der Waals surface area contributed by atoms with Gasteiger partial charge in [0, 0.05) is 31.3 Å². The van der Waals surface area contributed by atoms with Crippen molar-refractivity contribution in [1.82, 2.24) is 19.7 Å². The molecule has 0 saturated heterocycles. The van der Waals surface area contributed by atoms with Gasteiger partial charge in [-0.15, -0.1) is 0 Å². The molecule has 0 spiro atoms. The summed E-state index contributed by atoms with van der Waals surface area (Å²) in [5.74, 6) is -1.95. The molecule has 1 aromatic heterocycles. The summed E-state index contributed by atoms with van der Waals surface area (Å²) in [5, 5.41) is 13.7. The first-order chi connectivity index (χ1) is 22.8. The number of hydrogen-bond acceptors (Lipinski definition) is 7. The predicted molar refractivity (Wildman–Crippen MR) is 184 cm³/mol. The van der Waals surface area contributed by atoms with Crippen LogP contribution in [-0.2, 0) is 26.0 Å². The number of hydrazine groups is 1. The number of benzene rings is 3. The Morgan fingerprint density at radius 1 is 0.896 bits per heavy atom. The number of sulfonamides is 1. The number of nitrogens with two attached hydrogens (primary N) is 1. The molecular formula is C36H43N5O6S. The highest BCUT2D eigenvalue weighted by Gasteiger charge is 2.36. The van der Waals surface area contributed by atoms with Crippen LogP contribution in [0.15, 0.2) is 95.9 Å². The van der Waals surface area contributed by atoms with Gasteiger partial charge in [-0.3, -0.25) is 19.8 Å². The highest BCUT2D eigenvalue weighted by atomic mass is 32.2. The van der Waals surface area contributed by atoms with Crippen LogP contribution in [0.5, 0.6) is 0 Å². The van der Waals surface area contributed by atoms with Gasteiger partial charge in [-0.05, 0) is 55.5 Å². The predicted octanol–water partition coefficient (Wildman–Crippen LogP) is 3.99. The molecule has 3 aromatic carbocycles. The molecule has 0 radical (unpaired) electrons. The number of aromatic nitrogens is 1.